The Balaban J connectivity index is 2.37. The topological polar surface area (TPSA) is 37.3 Å². The molecular weight excluding hydrogens is 226 g/mol. The van der Waals surface area contributed by atoms with Gasteiger partial charge in [0.1, 0.15) is 11.6 Å². The minimum Gasteiger partial charge on any atom is -0.478 e. The van der Waals surface area contributed by atoms with Crippen molar-refractivity contribution in [3.8, 4) is 0 Å². The van der Waals surface area contributed by atoms with Gasteiger partial charge in [0, 0.05) is 5.56 Å². The average molecular weight is 240 g/mol. The van der Waals surface area contributed by atoms with Crippen molar-refractivity contribution in [2.75, 3.05) is 0 Å². The van der Waals surface area contributed by atoms with Gasteiger partial charge in [-0.05, 0) is 30.9 Å². The summed E-state index contributed by atoms with van der Waals surface area (Å²) in [6.07, 6.45) is 4.61. The quantitative estimate of drug-likeness (QED) is 0.855. The lowest BCUT2D eigenvalue weighted by molar-refractivity contribution is 0.0695. The maximum atomic E-state index is 13.8. The summed E-state index contributed by atoms with van der Waals surface area (Å²) >= 11 is 0. The minimum absolute atomic E-state index is 0.0645. The van der Waals surface area contributed by atoms with Crippen LogP contribution in [0.2, 0.25) is 0 Å². The second kappa shape index (κ2) is 4.82. The third-order valence-electron chi connectivity index (χ3n) is 3.34. The van der Waals surface area contributed by atoms with E-state index in [0.717, 1.165) is 44.2 Å². The lowest BCUT2D eigenvalue weighted by atomic mass is 9.83. The van der Waals surface area contributed by atoms with Gasteiger partial charge in [-0.1, -0.05) is 19.3 Å². The van der Waals surface area contributed by atoms with Crippen molar-refractivity contribution in [3.05, 3.63) is 34.9 Å². The molecule has 0 unspecified atom stereocenters. The van der Waals surface area contributed by atoms with Crippen LogP contribution < -0.4 is 0 Å². The van der Waals surface area contributed by atoms with Gasteiger partial charge in [-0.3, -0.25) is 0 Å². The van der Waals surface area contributed by atoms with E-state index in [2.05, 4.69) is 0 Å². The number of aromatic carboxylic acids is 1. The van der Waals surface area contributed by atoms with Crippen LogP contribution in [0.1, 0.15) is 53.9 Å². The van der Waals surface area contributed by atoms with Crippen molar-refractivity contribution in [1.82, 2.24) is 0 Å². The van der Waals surface area contributed by atoms with E-state index < -0.39 is 17.6 Å². The molecule has 1 fully saturated rings. The van der Waals surface area contributed by atoms with Crippen molar-refractivity contribution >= 4 is 5.97 Å². The zero-order chi connectivity index (χ0) is 12.4. The van der Waals surface area contributed by atoms with Crippen molar-refractivity contribution in [1.29, 1.82) is 0 Å². The van der Waals surface area contributed by atoms with Crippen LogP contribution in [0, 0.1) is 11.6 Å². The molecule has 2 rings (SSSR count). The summed E-state index contributed by atoms with van der Waals surface area (Å²) in [7, 11) is 0. The molecule has 0 aliphatic heterocycles. The summed E-state index contributed by atoms with van der Waals surface area (Å²) in [5.74, 6) is -2.87. The maximum absolute atomic E-state index is 13.8. The molecule has 92 valence electrons. The van der Waals surface area contributed by atoms with Crippen molar-refractivity contribution < 1.29 is 18.7 Å². The molecular formula is C13H14F2O2. The molecule has 0 amide bonds. The van der Waals surface area contributed by atoms with E-state index in [0.29, 0.717) is 0 Å². The summed E-state index contributed by atoms with van der Waals surface area (Å²) < 4.78 is 27.5. The highest BCUT2D eigenvalue weighted by Gasteiger charge is 2.24. The standard InChI is InChI=1S/C13H14F2O2/c14-10-6-9(13(16)17)7-11(15)12(10)8-4-2-1-3-5-8/h6-8H,1-5H2,(H,16,17). The third kappa shape index (κ3) is 2.46. The van der Waals surface area contributed by atoms with Crippen molar-refractivity contribution in [3.63, 3.8) is 0 Å². The number of hydrogen-bond donors (Lipinski definition) is 1. The molecule has 4 heteroatoms. The Bertz CT molecular complexity index is 414. The molecule has 1 N–H and O–H groups in total. The number of hydrogen-bond acceptors (Lipinski definition) is 1. The van der Waals surface area contributed by atoms with Gasteiger partial charge in [-0.15, -0.1) is 0 Å². The number of benzene rings is 1. The molecule has 1 saturated carbocycles. The number of carbonyl (C=O) groups is 1. The molecule has 0 spiro atoms. The van der Waals surface area contributed by atoms with E-state index in [1.807, 2.05) is 0 Å². The molecule has 0 saturated heterocycles. The summed E-state index contributed by atoms with van der Waals surface area (Å²) in [6, 6.07) is 1.82. The molecule has 0 atom stereocenters. The first-order valence-electron chi connectivity index (χ1n) is 5.82. The first-order valence-corrected chi connectivity index (χ1v) is 5.82. The molecule has 1 aliphatic carbocycles. The lowest BCUT2D eigenvalue weighted by Crippen LogP contribution is -2.11. The van der Waals surface area contributed by atoms with Crippen LogP contribution in [0.15, 0.2) is 12.1 Å². The highest BCUT2D eigenvalue weighted by molar-refractivity contribution is 5.87. The Labute approximate surface area is 98.3 Å². The van der Waals surface area contributed by atoms with Crippen LogP contribution in [0.5, 0.6) is 0 Å². The first-order chi connectivity index (χ1) is 8.09. The predicted octanol–water partition coefficient (Wildman–Crippen LogP) is 3.71. The maximum Gasteiger partial charge on any atom is 0.335 e. The van der Waals surface area contributed by atoms with Crippen LogP contribution in [0.3, 0.4) is 0 Å². The summed E-state index contributed by atoms with van der Waals surface area (Å²) in [6.45, 7) is 0. The van der Waals surface area contributed by atoms with Gasteiger partial charge >= 0.3 is 5.97 Å². The van der Waals surface area contributed by atoms with Gasteiger partial charge in [0.2, 0.25) is 0 Å². The van der Waals surface area contributed by atoms with Crippen LogP contribution in [0.25, 0.3) is 0 Å². The van der Waals surface area contributed by atoms with E-state index in [4.69, 9.17) is 5.11 Å². The van der Waals surface area contributed by atoms with Crippen molar-refractivity contribution in [2.24, 2.45) is 0 Å². The highest BCUT2D eigenvalue weighted by Crippen LogP contribution is 2.35. The predicted molar refractivity (Wildman–Crippen MR) is 59.1 cm³/mol. The normalized spacial score (nSPS) is 17.1. The Kier molecular flexibility index (Phi) is 3.41. The fourth-order valence-electron chi connectivity index (χ4n) is 2.49. The average Bonchev–Trinajstić information content (AvgIpc) is 2.29. The van der Waals surface area contributed by atoms with Gasteiger partial charge in [0.25, 0.3) is 0 Å². The molecule has 1 aliphatic rings. The number of rotatable bonds is 2. The lowest BCUT2D eigenvalue weighted by Gasteiger charge is -2.23. The van der Waals surface area contributed by atoms with E-state index in [9.17, 15) is 13.6 Å². The van der Waals surface area contributed by atoms with Gasteiger partial charge < -0.3 is 5.11 Å². The molecule has 1 aromatic carbocycles. The minimum atomic E-state index is -1.31. The number of halogens is 2. The molecule has 2 nitrogen and oxygen atoms in total. The van der Waals surface area contributed by atoms with E-state index in [-0.39, 0.29) is 17.0 Å². The smallest absolute Gasteiger partial charge is 0.335 e. The summed E-state index contributed by atoms with van der Waals surface area (Å²) in [4.78, 5) is 10.7. The third-order valence-corrected chi connectivity index (χ3v) is 3.34. The number of carboxylic acids is 1. The van der Waals surface area contributed by atoms with Gasteiger partial charge in [-0.2, -0.15) is 0 Å². The summed E-state index contributed by atoms with van der Waals surface area (Å²) in [5.41, 5.74) is -0.269. The zero-order valence-electron chi connectivity index (χ0n) is 9.38. The van der Waals surface area contributed by atoms with Crippen LogP contribution in [0.4, 0.5) is 8.78 Å². The monoisotopic (exact) mass is 240 g/mol. The zero-order valence-corrected chi connectivity index (χ0v) is 9.38. The largest absolute Gasteiger partial charge is 0.478 e. The van der Waals surface area contributed by atoms with E-state index >= 15 is 0 Å². The fourth-order valence-corrected chi connectivity index (χ4v) is 2.49. The van der Waals surface area contributed by atoms with Crippen LogP contribution in [-0.4, -0.2) is 11.1 Å². The summed E-state index contributed by atoms with van der Waals surface area (Å²) in [5, 5.41) is 8.70. The van der Waals surface area contributed by atoms with Crippen molar-refractivity contribution in [2.45, 2.75) is 38.0 Å². The Morgan fingerprint density at radius 3 is 2.12 bits per heavy atom. The highest BCUT2D eigenvalue weighted by atomic mass is 19.1. The SMILES string of the molecule is O=C(O)c1cc(F)c(C2CCCCC2)c(F)c1. The van der Waals surface area contributed by atoms with E-state index in [1.165, 1.54) is 0 Å². The Morgan fingerprint density at radius 1 is 1.12 bits per heavy atom. The van der Waals surface area contributed by atoms with Crippen LogP contribution in [-0.2, 0) is 0 Å². The first kappa shape index (κ1) is 12.0. The second-order valence-electron chi connectivity index (χ2n) is 4.49. The van der Waals surface area contributed by atoms with Gasteiger partial charge in [0.15, 0.2) is 0 Å². The fraction of sp³-hybridized carbons (Fsp3) is 0.462. The Morgan fingerprint density at radius 2 is 1.65 bits per heavy atom. The molecule has 0 radical (unpaired) electrons. The molecule has 0 bridgehead atoms. The molecule has 17 heavy (non-hydrogen) atoms. The van der Waals surface area contributed by atoms with Gasteiger partial charge in [0.05, 0.1) is 5.56 Å². The Hall–Kier alpha value is -1.45. The molecule has 0 aromatic heterocycles. The van der Waals surface area contributed by atoms with E-state index in [1.54, 1.807) is 0 Å². The molecule has 0 heterocycles. The van der Waals surface area contributed by atoms with Gasteiger partial charge in [-0.25, -0.2) is 13.6 Å². The molecule has 1 aromatic rings. The van der Waals surface area contributed by atoms with Crippen LogP contribution >= 0.6 is 0 Å². The second-order valence-corrected chi connectivity index (χ2v) is 4.49. The number of carboxylic acid groups (broad SMARTS) is 1.